The van der Waals surface area contributed by atoms with E-state index in [-0.39, 0.29) is 17.9 Å². The minimum absolute atomic E-state index is 0.0150. The minimum Gasteiger partial charge on any atom is -0.491 e. The molecule has 11 heteroatoms. The maximum Gasteiger partial charge on any atom is 0.270 e. The number of hydrogen-bond donors (Lipinski definition) is 1. The van der Waals surface area contributed by atoms with Crippen molar-refractivity contribution in [1.29, 1.82) is 0 Å². The number of pyridine rings is 1. The third-order valence-corrected chi connectivity index (χ3v) is 8.73. The van der Waals surface area contributed by atoms with Crippen LogP contribution in [0.2, 0.25) is 10.0 Å². The summed E-state index contributed by atoms with van der Waals surface area (Å²) in [5, 5.41) is 4.41. The molecular weight excluding hydrogens is 637 g/mol. The molecule has 6 rings (SSSR count). The second-order valence-electron chi connectivity index (χ2n) is 11.8. The summed E-state index contributed by atoms with van der Waals surface area (Å²) in [5.41, 5.74) is 3.61. The van der Waals surface area contributed by atoms with Crippen molar-refractivity contribution in [2.75, 3.05) is 31.5 Å². The van der Waals surface area contributed by atoms with Crippen LogP contribution in [0.3, 0.4) is 0 Å². The number of benzene rings is 3. The average Bonchev–Trinajstić information content (AvgIpc) is 3.39. The van der Waals surface area contributed by atoms with E-state index in [0.717, 1.165) is 36.3 Å². The van der Waals surface area contributed by atoms with E-state index in [1.165, 1.54) is 17.8 Å². The summed E-state index contributed by atoms with van der Waals surface area (Å²) >= 11 is 12.0. The first kappa shape index (κ1) is 32.4. The third-order valence-electron chi connectivity index (χ3n) is 8.00. The van der Waals surface area contributed by atoms with Gasteiger partial charge in [0.05, 0.1) is 33.6 Å². The van der Waals surface area contributed by atoms with Crippen molar-refractivity contribution in [2.45, 2.75) is 26.5 Å². The van der Waals surface area contributed by atoms with Crippen LogP contribution in [0.15, 0.2) is 85.1 Å². The number of anilines is 1. The Labute approximate surface area is 283 Å². The Morgan fingerprint density at radius 3 is 2.30 bits per heavy atom. The summed E-state index contributed by atoms with van der Waals surface area (Å²) < 4.78 is 13.7. The van der Waals surface area contributed by atoms with Gasteiger partial charge in [0.1, 0.15) is 17.2 Å². The Morgan fingerprint density at radius 1 is 0.872 bits per heavy atom. The summed E-state index contributed by atoms with van der Waals surface area (Å²) in [6.07, 6.45) is 1.66. The summed E-state index contributed by atoms with van der Waals surface area (Å²) in [5.74, 6) is 1.50. The number of halogens is 2. The second-order valence-corrected chi connectivity index (χ2v) is 12.6. The molecule has 2 amide bonds. The van der Waals surface area contributed by atoms with Crippen molar-refractivity contribution in [1.82, 2.24) is 19.4 Å². The largest absolute Gasteiger partial charge is 0.491 e. The monoisotopic (exact) mass is 671 g/mol. The molecular formula is C36H35Cl2N5O4. The normalized spacial score (nSPS) is 13.6. The molecule has 1 aliphatic rings. The Hall–Kier alpha value is -4.57. The van der Waals surface area contributed by atoms with E-state index < -0.39 is 0 Å². The summed E-state index contributed by atoms with van der Waals surface area (Å²) in [7, 11) is 1.89. The topological polar surface area (TPSA) is 88.9 Å². The van der Waals surface area contributed by atoms with Crippen LogP contribution < -0.4 is 14.8 Å². The fourth-order valence-electron chi connectivity index (χ4n) is 5.53. The van der Waals surface area contributed by atoms with Crippen molar-refractivity contribution in [3.05, 3.63) is 112 Å². The number of hydrogen-bond acceptors (Lipinski definition) is 6. The van der Waals surface area contributed by atoms with E-state index in [4.69, 9.17) is 32.7 Å². The predicted octanol–water partition coefficient (Wildman–Crippen LogP) is 7.67. The zero-order valence-corrected chi connectivity index (χ0v) is 27.9. The van der Waals surface area contributed by atoms with Crippen LogP contribution >= 0.6 is 23.2 Å². The highest BCUT2D eigenvalue weighted by atomic mass is 35.5. The van der Waals surface area contributed by atoms with Gasteiger partial charge in [0, 0.05) is 62.9 Å². The molecule has 5 aromatic rings. The van der Waals surface area contributed by atoms with E-state index >= 15 is 0 Å². The van der Waals surface area contributed by atoms with Crippen molar-refractivity contribution < 1.29 is 19.1 Å². The van der Waals surface area contributed by atoms with E-state index in [1.54, 1.807) is 24.3 Å². The number of nitrogens with zero attached hydrogens (tertiary/aromatic N) is 4. The van der Waals surface area contributed by atoms with Crippen LogP contribution in [-0.2, 0) is 13.6 Å². The SMILES string of the molecule is CC(C)Oc1ccc(CN2CCN(C(=O)c3cc4ccc(Oc5ccc(NC(=O)c6ccc(Cl)c(Cl)c6)cn5)cc4n3C)CC2)cc1. The maximum absolute atomic E-state index is 13.6. The summed E-state index contributed by atoms with van der Waals surface area (Å²) in [6, 6.07) is 23.9. The van der Waals surface area contributed by atoms with Crippen LogP contribution in [0.5, 0.6) is 17.4 Å². The lowest BCUT2D eigenvalue weighted by Gasteiger charge is -2.34. The van der Waals surface area contributed by atoms with Gasteiger partial charge in [0.25, 0.3) is 11.8 Å². The summed E-state index contributed by atoms with van der Waals surface area (Å²) in [6.45, 7) is 7.83. The molecule has 1 saturated heterocycles. The molecule has 0 spiro atoms. The van der Waals surface area contributed by atoms with Gasteiger partial charge in [-0.05, 0) is 74.0 Å². The zero-order chi connectivity index (χ0) is 33.1. The van der Waals surface area contributed by atoms with Crippen molar-refractivity contribution in [3.63, 3.8) is 0 Å². The fourth-order valence-corrected chi connectivity index (χ4v) is 5.83. The molecule has 0 radical (unpaired) electrons. The molecule has 1 aliphatic heterocycles. The maximum atomic E-state index is 13.6. The Balaban J connectivity index is 1.05. The van der Waals surface area contributed by atoms with Gasteiger partial charge in [-0.3, -0.25) is 14.5 Å². The van der Waals surface area contributed by atoms with Gasteiger partial charge in [0.15, 0.2) is 0 Å². The molecule has 1 fully saturated rings. The molecule has 47 heavy (non-hydrogen) atoms. The molecule has 0 atom stereocenters. The lowest BCUT2D eigenvalue weighted by Crippen LogP contribution is -2.48. The van der Waals surface area contributed by atoms with Gasteiger partial charge in [-0.1, -0.05) is 35.3 Å². The molecule has 242 valence electrons. The first-order valence-electron chi connectivity index (χ1n) is 15.4. The van der Waals surface area contributed by atoms with Gasteiger partial charge >= 0.3 is 0 Å². The number of piperazine rings is 1. The van der Waals surface area contributed by atoms with Crippen molar-refractivity contribution in [3.8, 4) is 17.4 Å². The lowest BCUT2D eigenvalue weighted by molar-refractivity contribution is 0.0619. The van der Waals surface area contributed by atoms with Gasteiger partial charge in [-0.15, -0.1) is 0 Å². The molecule has 0 saturated carbocycles. The number of nitrogens with one attached hydrogen (secondary N) is 1. The predicted molar refractivity (Wildman–Crippen MR) is 185 cm³/mol. The van der Waals surface area contributed by atoms with Crippen LogP contribution in [0.25, 0.3) is 10.9 Å². The smallest absolute Gasteiger partial charge is 0.270 e. The van der Waals surface area contributed by atoms with Crippen LogP contribution in [0, 0.1) is 0 Å². The molecule has 0 aliphatic carbocycles. The Morgan fingerprint density at radius 2 is 1.62 bits per heavy atom. The van der Waals surface area contributed by atoms with Crippen molar-refractivity contribution >= 4 is 51.6 Å². The van der Waals surface area contributed by atoms with E-state index in [9.17, 15) is 9.59 Å². The molecule has 1 N–H and O–H groups in total. The van der Waals surface area contributed by atoms with Gasteiger partial charge < -0.3 is 24.3 Å². The minimum atomic E-state index is -0.334. The number of aromatic nitrogens is 2. The standard InChI is InChI=1S/C36H35Cl2N5O4/c1-23(2)46-28-9-4-24(5-10-28)22-42-14-16-43(17-15-42)36(45)33-19-25-6-11-29(20-32(25)41(33)3)47-34-13-8-27(21-39-34)40-35(44)26-7-12-30(37)31(38)18-26/h4-13,18-21,23H,14-17,22H2,1-3H3,(H,40,44). The number of aryl methyl sites for hydroxylation is 1. The number of amides is 2. The number of carbonyl (C=O) groups excluding carboxylic acids is 2. The quantitative estimate of drug-likeness (QED) is 0.173. The van der Waals surface area contributed by atoms with Gasteiger partial charge in [-0.2, -0.15) is 0 Å². The Bertz CT molecular complexity index is 1900. The average molecular weight is 673 g/mol. The van der Waals surface area contributed by atoms with Crippen molar-refractivity contribution in [2.24, 2.45) is 7.05 Å². The van der Waals surface area contributed by atoms with E-state index in [1.807, 2.05) is 66.8 Å². The summed E-state index contributed by atoms with van der Waals surface area (Å²) in [4.78, 5) is 34.8. The zero-order valence-electron chi connectivity index (χ0n) is 26.4. The van der Waals surface area contributed by atoms with Crippen LogP contribution in [0.4, 0.5) is 5.69 Å². The lowest BCUT2D eigenvalue weighted by atomic mass is 10.2. The van der Waals surface area contributed by atoms with E-state index in [2.05, 4.69) is 27.3 Å². The number of fused-ring (bicyclic) bond motifs is 1. The first-order valence-corrected chi connectivity index (χ1v) is 16.2. The first-order chi connectivity index (χ1) is 22.6. The highest BCUT2D eigenvalue weighted by Crippen LogP contribution is 2.28. The number of ether oxygens (including phenoxy) is 2. The van der Waals surface area contributed by atoms with Crippen LogP contribution in [0.1, 0.15) is 40.3 Å². The van der Waals surface area contributed by atoms with Crippen LogP contribution in [-0.4, -0.2) is 63.4 Å². The molecule has 3 heterocycles. The third kappa shape index (κ3) is 7.71. The van der Waals surface area contributed by atoms with Gasteiger partial charge in [0.2, 0.25) is 5.88 Å². The fraction of sp³-hybridized carbons (Fsp3) is 0.250. The molecule has 9 nitrogen and oxygen atoms in total. The molecule has 0 unspecified atom stereocenters. The number of rotatable bonds is 9. The van der Waals surface area contributed by atoms with E-state index in [0.29, 0.717) is 51.7 Å². The highest BCUT2D eigenvalue weighted by Gasteiger charge is 2.25. The molecule has 0 bridgehead atoms. The second kappa shape index (κ2) is 14.0. The molecule has 2 aromatic heterocycles. The Kier molecular flexibility index (Phi) is 9.68. The van der Waals surface area contributed by atoms with Gasteiger partial charge in [-0.25, -0.2) is 4.98 Å². The highest BCUT2D eigenvalue weighted by molar-refractivity contribution is 6.42. The number of carbonyl (C=O) groups is 2. The molecule has 3 aromatic carbocycles.